The van der Waals surface area contributed by atoms with Crippen LogP contribution in [0, 0.1) is 11.8 Å². The van der Waals surface area contributed by atoms with Gasteiger partial charge >= 0.3 is 0 Å². The summed E-state index contributed by atoms with van der Waals surface area (Å²) < 4.78 is 5.86. The van der Waals surface area contributed by atoms with Gasteiger partial charge in [0.25, 0.3) is 5.91 Å². The van der Waals surface area contributed by atoms with Crippen molar-refractivity contribution in [1.82, 2.24) is 10.2 Å². The Labute approximate surface area is 143 Å². The molecule has 0 bridgehead atoms. The molecule has 4 atom stereocenters. The van der Waals surface area contributed by atoms with Gasteiger partial charge in [-0.05, 0) is 32.8 Å². The summed E-state index contributed by atoms with van der Waals surface area (Å²) in [5.74, 6) is 5.30. The molecule has 0 saturated carbocycles. The minimum absolute atomic E-state index is 0.253. The number of rotatable bonds is 4. The summed E-state index contributed by atoms with van der Waals surface area (Å²) >= 11 is 0. The smallest absolute Gasteiger partial charge is 0.266 e. The van der Waals surface area contributed by atoms with E-state index in [4.69, 9.17) is 4.74 Å². The lowest BCUT2D eigenvalue weighted by molar-refractivity contribution is -0.119. The molecule has 0 aromatic carbocycles. The lowest BCUT2D eigenvalue weighted by Crippen LogP contribution is -2.47. The van der Waals surface area contributed by atoms with Crippen LogP contribution in [0.15, 0.2) is 24.2 Å². The van der Waals surface area contributed by atoms with Crippen molar-refractivity contribution < 1.29 is 19.7 Å². The second kappa shape index (κ2) is 7.16. The van der Waals surface area contributed by atoms with Crippen LogP contribution in [0.1, 0.15) is 13.3 Å². The molecule has 3 N–H and O–H groups in total. The predicted molar refractivity (Wildman–Crippen MR) is 96.7 cm³/mol. The molecule has 6 nitrogen and oxygen atoms in total. The third-order valence-corrected chi connectivity index (χ3v) is 5.44. The van der Waals surface area contributed by atoms with Crippen LogP contribution in [0.2, 0.25) is 0 Å². The maximum Gasteiger partial charge on any atom is 0.266 e. The van der Waals surface area contributed by atoms with E-state index >= 15 is 0 Å². The molecule has 132 valence electrons. The first-order valence-electron chi connectivity index (χ1n) is 7.76. The zero-order valence-electron chi connectivity index (χ0n) is 14.3. The molecule has 0 aliphatic carbocycles. The average Bonchev–Trinajstić information content (AvgIpc) is 2.75. The highest BCUT2D eigenvalue weighted by atomic mass is 31.2. The standard InChI is InChI=1S/C17H25N2O4P/c1-6-7-12-10-19(11(2)18-16(12)22)17-15(21)14(20)13(23-17)8-9-24(3,4)5/h10,13-15,17,20-21H,2-3,8-9H2,1,4-5H3,(H,18,22)/t13?,14-,15-,17?/m1/s1. The van der Waals surface area contributed by atoms with Gasteiger partial charge in [0.15, 0.2) is 6.23 Å². The van der Waals surface area contributed by atoms with Crippen LogP contribution in [0.25, 0.3) is 0 Å². The van der Waals surface area contributed by atoms with E-state index < -0.39 is 31.4 Å². The summed E-state index contributed by atoms with van der Waals surface area (Å²) in [4.78, 5) is 13.4. The van der Waals surface area contributed by atoms with E-state index in [0.717, 1.165) is 6.16 Å². The number of nitrogens with one attached hydrogen (secondary N) is 1. The highest BCUT2D eigenvalue weighted by Crippen LogP contribution is 2.38. The monoisotopic (exact) mass is 352 g/mol. The third kappa shape index (κ3) is 4.12. The van der Waals surface area contributed by atoms with Crippen LogP contribution < -0.4 is 5.32 Å². The Morgan fingerprint density at radius 3 is 2.67 bits per heavy atom. The lowest BCUT2D eigenvalue weighted by atomic mass is 10.1. The fourth-order valence-corrected chi connectivity index (χ4v) is 3.62. The van der Waals surface area contributed by atoms with Crippen LogP contribution in [0.4, 0.5) is 0 Å². The summed E-state index contributed by atoms with van der Waals surface area (Å²) in [7, 11) is 0. The van der Waals surface area contributed by atoms with Gasteiger partial charge in [-0.2, -0.15) is 0 Å². The number of aliphatic hydroxyl groups excluding tert-OH is 2. The molecule has 2 rings (SSSR count). The number of carbonyl (C=O) groups excluding carboxylic acids is 1. The van der Waals surface area contributed by atoms with Crippen LogP contribution in [-0.2, 0) is 9.53 Å². The molecule has 2 heterocycles. The molecule has 1 fully saturated rings. The van der Waals surface area contributed by atoms with Crippen molar-refractivity contribution >= 4 is 19.1 Å². The van der Waals surface area contributed by atoms with E-state index in [-0.39, 0.29) is 17.3 Å². The Kier molecular flexibility index (Phi) is 5.62. The van der Waals surface area contributed by atoms with Crippen molar-refractivity contribution in [2.45, 2.75) is 37.9 Å². The third-order valence-electron chi connectivity index (χ3n) is 3.97. The molecule has 1 amide bonds. The lowest BCUT2D eigenvalue weighted by Gasteiger charge is -2.33. The Bertz CT molecular complexity index is 670. The number of aliphatic hydroxyl groups is 2. The summed E-state index contributed by atoms with van der Waals surface area (Å²) in [6.45, 7) is 8.39. The van der Waals surface area contributed by atoms with Gasteiger partial charge in [-0.15, -0.1) is 19.1 Å². The Balaban J connectivity index is 2.18. The van der Waals surface area contributed by atoms with E-state index in [1.807, 2.05) is 0 Å². The van der Waals surface area contributed by atoms with Gasteiger partial charge in [0.05, 0.1) is 6.10 Å². The van der Waals surface area contributed by atoms with Crippen molar-refractivity contribution in [3.05, 3.63) is 24.2 Å². The molecule has 0 aromatic rings. The molecule has 0 aromatic heterocycles. The number of ether oxygens (including phenoxy) is 1. The molecule has 24 heavy (non-hydrogen) atoms. The number of hydrogen-bond donors (Lipinski definition) is 3. The van der Waals surface area contributed by atoms with Crippen LogP contribution in [-0.4, -0.2) is 71.4 Å². The maximum atomic E-state index is 11.9. The molecule has 2 unspecified atom stereocenters. The molecule has 0 spiro atoms. The minimum Gasteiger partial charge on any atom is -0.388 e. The predicted octanol–water partition coefficient (Wildman–Crippen LogP) is 0.343. The average molecular weight is 352 g/mol. The fraction of sp³-hybridized carbons (Fsp3) is 0.529. The Hall–Kier alpha value is -1.51. The molecular formula is C17H25N2O4P. The van der Waals surface area contributed by atoms with Gasteiger partial charge in [-0.3, -0.25) is 4.79 Å². The number of carbonyl (C=O) groups is 1. The first kappa shape index (κ1) is 18.8. The van der Waals surface area contributed by atoms with Gasteiger partial charge in [0.2, 0.25) is 0 Å². The zero-order valence-corrected chi connectivity index (χ0v) is 15.2. The van der Waals surface area contributed by atoms with Gasteiger partial charge in [-0.25, -0.2) is 0 Å². The Morgan fingerprint density at radius 2 is 2.08 bits per heavy atom. The van der Waals surface area contributed by atoms with Crippen molar-refractivity contribution in [2.75, 3.05) is 19.5 Å². The van der Waals surface area contributed by atoms with E-state index in [2.05, 4.69) is 43.4 Å². The van der Waals surface area contributed by atoms with Crippen LogP contribution >= 0.6 is 6.89 Å². The first-order valence-corrected chi connectivity index (χ1v) is 10.8. The summed E-state index contributed by atoms with van der Waals surface area (Å²) in [6, 6.07) is 0. The molecule has 0 radical (unpaired) electrons. The van der Waals surface area contributed by atoms with Gasteiger partial charge in [0.1, 0.15) is 23.6 Å². The molecule has 2 aliphatic heterocycles. The van der Waals surface area contributed by atoms with Crippen LogP contribution in [0.5, 0.6) is 0 Å². The normalized spacial score (nSPS) is 30.5. The first-order chi connectivity index (χ1) is 11.1. The maximum absolute atomic E-state index is 11.9. The molecule has 1 saturated heterocycles. The second-order valence-corrected chi connectivity index (χ2v) is 11.0. The largest absolute Gasteiger partial charge is 0.388 e. The topological polar surface area (TPSA) is 82.0 Å². The zero-order chi connectivity index (χ0) is 18.1. The molecule has 2 aliphatic rings. The van der Waals surface area contributed by atoms with E-state index in [1.165, 1.54) is 11.1 Å². The van der Waals surface area contributed by atoms with Crippen molar-refractivity contribution in [3.63, 3.8) is 0 Å². The van der Waals surface area contributed by atoms with E-state index in [1.54, 1.807) is 6.92 Å². The van der Waals surface area contributed by atoms with Crippen molar-refractivity contribution in [1.29, 1.82) is 0 Å². The summed E-state index contributed by atoms with van der Waals surface area (Å²) in [6.07, 6.45) is 3.71. The molecule has 7 heteroatoms. The second-order valence-electron chi connectivity index (χ2n) is 6.72. The van der Waals surface area contributed by atoms with Gasteiger partial charge in [-0.1, -0.05) is 12.5 Å². The van der Waals surface area contributed by atoms with Crippen molar-refractivity contribution in [3.8, 4) is 11.8 Å². The summed E-state index contributed by atoms with van der Waals surface area (Å²) in [5.41, 5.74) is 0.253. The highest BCUT2D eigenvalue weighted by molar-refractivity contribution is 7.72. The highest BCUT2D eigenvalue weighted by Gasteiger charge is 2.46. The Morgan fingerprint density at radius 1 is 1.42 bits per heavy atom. The minimum atomic E-state index is -1.25. The van der Waals surface area contributed by atoms with Gasteiger partial charge < -0.3 is 25.2 Å². The van der Waals surface area contributed by atoms with Crippen LogP contribution in [0.3, 0.4) is 0 Å². The fourth-order valence-electron chi connectivity index (χ4n) is 2.66. The SMILES string of the molecule is C=C1NC(=O)C(C#CC)=CN1C1OC(CCP(=C)(C)C)[C@@H](O)[C@H]1O. The van der Waals surface area contributed by atoms with E-state index in [0.29, 0.717) is 6.42 Å². The summed E-state index contributed by atoms with van der Waals surface area (Å²) in [5, 5.41) is 23.2. The number of amides is 1. The quantitative estimate of drug-likeness (QED) is 0.502. The van der Waals surface area contributed by atoms with Crippen molar-refractivity contribution in [2.24, 2.45) is 0 Å². The molecular weight excluding hydrogens is 327 g/mol. The number of hydrogen-bond acceptors (Lipinski definition) is 5. The number of nitrogens with zero attached hydrogens (tertiary/aromatic N) is 1. The van der Waals surface area contributed by atoms with E-state index in [9.17, 15) is 15.0 Å². The van der Waals surface area contributed by atoms with Gasteiger partial charge in [0, 0.05) is 6.20 Å².